The molecule has 1 fully saturated rings. The molecule has 1 heterocycles. The number of hydrogen-bond acceptors (Lipinski definition) is 2. The third-order valence-electron chi connectivity index (χ3n) is 4.03. The van der Waals surface area contributed by atoms with Crippen molar-refractivity contribution >= 4 is 29.2 Å². The van der Waals surface area contributed by atoms with Crippen LogP contribution in [0.25, 0.3) is 0 Å². The number of carbonyl (C=O) groups is 1. The van der Waals surface area contributed by atoms with E-state index < -0.39 is 12.0 Å². The van der Waals surface area contributed by atoms with Gasteiger partial charge in [0, 0.05) is 22.2 Å². The van der Waals surface area contributed by atoms with Gasteiger partial charge in [-0.3, -0.25) is 9.69 Å². The maximum absolute atomic E-state index is 11.6. The van der Waals surface area contributed by atoms with Gasteiger partial charge in [0.05, 0.1) is 0 Å². The van der Waals surface area contributed by atoms with Gasteiger partial charge in [-0.1, -0.05) is 43.1 Å². The van der Waals surface area contributed by atoms with Crippen LogP contribution in [0.3, 0.4) is 0 Å². The molecule has 110 valence electrons. The predicted octanol–water partition coefficient (Wildman–Crippen LogP) is 4.07. The smallest absolute Gasteiger partial charge is 0.321 e. The summed E-state index contributed by atoms with van der Waals surface area (Å²) in [6.45, 7) is 5.24. The van der Waals surface area contributed by atoms with Crippen LogP contribution in [0.4, 0.5) is 0 Å². The van der Waals surface area contributed by atoms with Crippen molar-refractivity contribution in [3.05, 3.63) is 33.8 Å². The summed E-state index contributed by atoms with van der Waals surface area (Å²) >= 11 is 12.4. The summed E-state index contributed by atoms with van der Waals surface area (Å²) in [4.78, 5) is 13.6. The zero-order valence-electron chi connectivity index (χ0n) is 11.7. The highest BCUT2D eigenvalue weighted by molar-refractivity contribution is 6.35. The number of nitrogens with zero attached hydrogens (tertiary/aromatic N) is 1. The molecule has 1 unspecified atom stereocenters. The van der Waals surface area contributed by atoms with Crippen LogP contribution in [0, 0.1) is 5.41 Å². The third-order valence-corrected chi connectivity index (χ3v) is 4.74. The van der Waals surface area contributed by atoms with E-state index in [9.17, 15) is 9.90 Å². The van der Waals surface area contributed by atoms with Gasteiger partial charge in [-0.2, -0.15) is 0 Å². The first-order chi connectivity index (χ1) is 9.33. The molecule has 2 rings (SSSR count). The van der Waals surface area contributed by atoms with Gasteiger partial charge in [-0.15, -0.1) is 0 Å². The van der Waals surface area contributed by atoms with Crippen molar-refractivity contribution in [3.8, 4) is 0 Å². The molecule has 1 saturated heterocycles. The number of halogens is 2. The number of rotatable bonds is 3. The molecule has 1 aliphatic heterocycles. The highest BCUT2D eigenvalue weighted by Crippen LogP contribution is 2.37. The second-order valence-corrected chi connectivity index (χ2v) is 6.82. The number of piperidine rings is 1. The fourth-order valence-electron chi connectivity index (χ4n) is 3.05. The lowest BCUT2D eigenvalue weighted by Gasteiger charge is -2.44. The van der Waals surface area contributed by atoms with E-state index in [4.69, 9.17) is 23.2 Å². The summed E-state index contributed by atoms with van der Waals surface area (Å²) in [6, 6.07) is 4.85. The normalized spacial score (nSPS) is 22.7. The molecule has 0 spiro atoms. The lowest BCUT2D eigenvalue weighted by Crippen LogP contribution is -2.53. The number of benzene rings is 1. The van der Waals surface area contributed by atoms with Crippen LogP contribution < -0.4 is 0 Å². The van der Waals surface area contributed by atoms with Crippen molar-refractivity contribution in [3.63, 3.8) is 0 Å². The Kier molecular flexibility index (Phi) is 4.62. The van der Waals surface area contributed by atoms with Gasteiger partial charge in [0.25, 0.3) is 0 Å². The molecule has 1 aromatic rings. The highest BCUT2D eigenvalue weighted by atomic mass is 35.5. The van der Waals surface area contributed by atoms with Gasteiger partial charge in [0.2, 0.25) is 0 Å². The van der Waals surface area contributed by atoms with Gasteiger partial charge in [-0.05, 0) is 36.9 Å². The number of carboxylic acid groups (broad SMARTS) is 1. The van der Waals surface area contributed by atoms with E-state index in [0.29, 0.717) is 16.6 Å². The molecule has 20 heavy (non-hydrogen) atoms. The van der Waals surface area contributed by atoms with E-state index in [0.717, 1.165) is 24.9 Å². The maximum atomic E-state index is 11.6. The quantitative estimate of drug-likeness (QED) is 0.914. The monoisotopic (exact) mass is 315 g/mol. The van der Waals surface area contributed by atoms with Crippen molar-refractivity contribution in [1.82, 2.24) is 4.90 Å². The largest absolute Gasteiger partial charge is 0.480 e. The first-order valence-electron chi connectivity index (χ1n) is 6.72. The van der Waals surface area contributed by atoms with Gasteiger partial charge in [0.1, 0.15) is 6.04 Å². The van der Waals surface area contributed by atoms with Crippen LogP contribution >= 0.6 is 23.2 Å². The lowest BCUT2D eigenvalue weighted by molar-refractivity contribution is -0.151. The second kappa shape index (κ2) is 5.92. The average molecular weight is 316 g/mol. The third kappa shape index (κ3) is 3.11. The van der Waals surface area contributed by atoms with Crippen LogP contribution in [-0.4, -0.2) is 28.6 Å². The van der Waals surface area contributed by atoms with Gasteiger partial charge < -0.3 is 5.11 Å². The van der Waals surface area contributed by atoms with Crippen LogP contribution in [0.5, 0.6) is 0 Å². The minimum atomic E-state index is -0.780. The molecule has 0 bridgehead atoms. The maximum Gasteiger partial charge on any atom is 0.321 e. The van der Waals surface area contributed by atoms with E-state index in [1.807, 2.05) is 18.7 Å². The molecular weight excluding hydrogens is 297 g/mol. The van der Waals surface area contributed by atoms with Gasteiger partial charge in [-0.25, -0.2) is 0 Å². The average Bonchev–Trinajstić information content (AvgIpc) is 2.32. The minimum absolute atomic E-state index is 0.252. The Labute approximate surface area is 129 Å². The van der Waals surface area contributed by atoms with Crippen molar-refractivity contribution in [2.45, 2.75) is 39.3 Å². The van der Waals surface area contributed by atoms with Crippen molar-refractivity contribution in [2.24, 2.45) is 5.41 Å². The van der Waals surface area contributed by atoms with E-state index in [-0.39, 0.29) is 5.41 Å². The number of aliphatic carboxylic acids is 1. The molecule has 1 N–H and O–H groups in total. The number of likely N-dealkylation sites (tertiary alicyclic amines) is 1. The van der Waals surface area contributed by atoms with Crippen molar-refractivity contribution < 1.29 is 9.90 Å². The fraction of sp³-hybridized carbons (Fsp3) is 0.533. The Morgan fingerprint density at radius 1 is 1.40 bits per heavy atom. The Bertz CT molecular complexity index is 496. The fourth-order valence-corrected chi connectivity index (χ4v) is 3.56. The molecule has 3 nitrogen and oxygen atoms in total. The Morgan fingerprint density at radius 2 is 2.00 bits per heavy atom. The first-order valence-corrected chi connectivity index (χ1v) is 7.48. The van der Waals surface area contributed by atoms with E-state index in [2.05, 4.69) is 0 Å². The molecule has 1 aromatic carbocycles. The predicted molar refractivity (Wildman–Crippen MR) is 81.3 cm³/mol. The molecule has 0 aromatic heterocycles. The van der Waals surface area contributed by atoms with Gasteiger partial charge in [0.15, 0.2) is 0 Å². The van der Waals surface area contributed by atoms with E-state index >= 15 is 0 Å². The van der Waals surface area contributed by atoms with Gasteiger partial charge >= 0.3 is 5.97 Å². The van der Waals surface area contributed by atoms with Crippen molar-refractivity contribution in [2.75, 3.05) is 6.54 Å². The van der Waals surface area contributed by atoms with Crippen LogP contribution in [0.2, 0.25) is 10.0 Å². The molecule has 0 amide bonds. The Balaban J connectivity index is 2.29. The summed E-state index contributed by atoms with van der Waals surface area (Å²) in [5, 5.41) is 10.7. The molecular formula is C15H19Cl2NO2. The zero-order chi connectivity index (χ0) is 14.9. The van der Waals surface area contributed by atoms with Crippen LogP contribution in [0.15, 0.2) is 18.2 Å². The summed E-state index contributed by atoms with van der Waals surface area (Å²) < 4.78 is 0. The topological polar surface area (TPSA) is 40.5 Å². The van der Waals surface area contributed by atoms with E-state index in [1.54, 1.807) is 18.2 Å². The summed E-state index contributed by atoms with van der Waals surface area (Å²) in [5.74, 6) is -0.780. The van der Waals surface area contributed by atoms with Crippen LogP contribution in [-0.2, 0) is 11.3 Å². The first kappa shape index (κ1) is 15.6. The summed E-state index contributed by atoms with van der Waals surface area (Å²) in [7, 11) is 0. The van der Waals surface area contributed by atoms with E-state index in [1.165, 1.54) is 0 Å². The zero-order valence-corrected chi connectivity index (χ0v) is 13.2. The highest BCUT2D eigenvalue weighted by Gasteiger charge is 2.42. The SMILES string of the molecule is CC1(C)CCCN(Cc2c(Cl)cccc2Cl)C1C(=O)O. The number of carboxylic acids is 1. The Morgan fingerprint density at radius 3 is 2.55 bits per heavy atom. The molecule has 0 saturated carbocycles. The standard InChI is InChI=1S/C15H19Cl2NO2/c1-15(2)7-4-8-18(13(15)14(19)20)9-10-11(16)5-3-6-12(10)17/h3,5-6,13H,4,7-9H2,1-2H3,(H,19,20). The minimum Gasteiger partial charge on any atom is -0.480 e. The molecule has 5 heteroatoms. The molecule has 1 atom stereocenters. The number of hydrogen-bond donors (Lipinski definition) is 1. The summed E-state index contributed by atoms with van der Waals surface area (Å²) in [6.07, 6.45) is 1.90. The van der Waals surface area contributed by atoms with Crippen LogP contribution in [0.1, 0.15) is 32.3 Å². The Hall–Kier alpha value is -0.770. The molecule has 1 aliphatic rings. The second-order valence-electron chi connectivity index (χ2n) is 6.00. The van der Waals surface area contributed by atoms with Crippen molar-refractivity contribution in [1.29, 1.82) is 0 Å². The molecule has 0 radical (unpaired) electrons. The molecule has 0 aliphatic carbocycles. The summed E-state index contributed by atoms with van der Waals surface area (Å²) in [5.41, 5.74) is 0.553. The lowest BCUT2D eigenvalue weighted by atomic mass is 9.76.